The number of aliphatic carboxylic acids is 6. The van der Waals surface area contributed by atoms with E-state index in [9.17, 15) is 33.9 Å². The van der Waals surface area contributed by atoms with E-state index in [4.69, 9.17) is 25.5 Å². The van der Waals surface area contributed by atoms with Crippen molar-refractivity contribution in [3.05, 3.63) is 0 Å². The third-order valence-corrected chi connectivity index (χ3v) is 3.18. The smallest absolute Gasteiger partial charge is 0.324 e. The maximum Gasteiger partial charge on any atom is 0.324 e. The molecule has 0 amide bonds. The molecule has 0 radical (unpaired) electrons. The van der Waals surface area contributed by atoms with Gasteiger partial charge in [-0.2, -0.15) is 5.12 Å². The summed E-state index contributed by atoms with van der Waals surface area (Å²) in [7, 11) is 0. The fourth-order valence-corrected chi connectivity index (χ4v) is 1.88. The Morgan fingerprint density at radius 3 is 1.46 bits per heavy atom. The molecule has 15 nitrogen and oxygen atoms in total. The van der Waals surface area contributed by atoms with Crippen LogP contribution < -0.4 is 10.9 Å². The van der Waals surface area contributed by atoms with Gasteiger partial charge in [-0.25, -0.2) is 10.9 Å². The standard InChI is InChI=1S/C13H19N3O12/c17-8(18)2-1-5(11(23)24)14-16(7(13(27)28)4-10(21)22)15-6(12(25)26)3-9(19)20/h5-7,14-15H,1-4H2,(H,17,18)(H,19,20)(H,21,22)(H,23,24)(H,25,26)(H,27,28)/t5-,6-,7-/m0/s1. The van der Waals surface area contributed by atoms with Gasteiger partial charge in [-0.1, -0.05) is 0 Å². The van der Waals surface area contributed by atoms with Crippen LogP contribution in [0.15, 0.2) is 0 Å². The summed E-state index contributed by atoms with van der Waals surface area (Å²) in [5, 5.41) is 53.9. The number of hydrogen-bond acceptors (Lipinski definition) is 9. The summed E-state index contributed by atoms with van der Waals surface area (Å²) in [6, 6.07) is -5.76. The Kier molecular flexibility index (Phi) is 10.1. The molecule has 158 valence electrons. The summed E-state index contributed by atoms with van der Waals surface area (Å²) in [5.41, 5.74) is 3.94. The molecule has 0 aliphatic carbocycles. The van der Waals surface area contributed by atoms with Gasteiger partial charge in [0.2, 0.25) is 0 Å². The van der Waals surface area contributed by atoms with Crippen molar-refractivity contribution in [2.75, 3.05) is 0 Å². The van der Waals surface area contributed by atoms with Gasteiger partial charge in [-0.3, -0.25) is 28.8 Å². The zero-order valence-electron chi connectivity index (χ0n) is 14.1. The highest BCUT2D eigenvalue weighted by Crippen LogP contribution is 2.07. The van der Waals surface area contributed by atoms with Crippen LogP contribution in [-0.4, -0.2) is 89.7 Å². The Morgan fingerprint density at radius 1 is 0.643 bits per heavy atom. The van der Waals surface area contributed by atoms with Crippen LogP contribution in [0.3, 0.4) is 0 Å². The lowest BCUT2D eigenvalue weighted by molar-refractivity contribution is -0.160. The van der Waals surface area contributed by atoms with Gasteiger partial charge in [0.15, 0.2) is 0 Å². The van der Waals surface area contributed by atoms with Gasteiger partial charge in [0, 0.05) is 6.42 Å². The van der Waals surface area contributed by atoms with Crippen molar-refractivity contribution in [3.63, 3.8) is 0 Å². The summed E-state index contributed by atoms with van der Waals surface area (Å²) in [5.74, 6) is -9.79. The van der Waals surface area contributed by atoms with Crippen molar-refractivity contribution in [1.82, 2.24) is 16.0 Å². The first-order valence-electron chi connectivity index (χ1n) is 7.50. The van der Waals surface area contributed by atoms with Crippen LogP contribution >= 0.6 is 0 Å². The number of carbonyl (C=O) groups is 6. The van der Waals surface area contributed by atoms with Gasteiger partial charge in [0.25, 0.3) is 0 Å². The van der Waals surface area contributed by atoms with Gasteiger partial charge in [0.1, 0.15) is 18.1 Å². The maximum absolute atomic E-state index is 11.4. The fraction of sp³-hybridized carbons (Fsp3) is 0.538. The van der Waals surface area contributed by atoms with E-state index >= 15 is 0 Å². The van der Waals surface area contributed by atoms with E-state index in [2.05, 4.69) is 0 Å². The van der Waals surface area contributed by atoms with Crippen molar-refractivity contribution < 1.29 is 59.4 Å². The summed E-state index contributed by atoms with van der Waals surface area (Å²) in [4.78, 5) is 66.1. The lowest BCUT2D eigenvalue weighted by Crippen LogP contribution is -2.64. The van der Waals surface area contributed by atoms with Crippen LogP contribution in [0.4, 0.5) is 0 Å². The fourth-order valence-electron chi connectivity index (χ4n) is 1.88. The number of nitrogens with zero attached hydrogens (tertiary/aromatic N) is 1. The SMILES string of the molecule is O=C(O)CC[C@H](NN(N[C@@H](CC(=O)O)C(=O)O)[C@@H](CC(=O)O)C(=O)O)C(=O)O. The Hall–Kier alpha value is -3.30. The van der Waals surface area contributed by atoms with Crippen LogP contribution in [0.2, 0.25) is 0 Å². The highest BCUT2D eigenvalue weighted by atomic mass is 16.4. The van der Waals surface area contributed by atoms with Gasteiger partial charge < -0.3 is 30.6 Å². The molecule has 0 bridgehead atoms. The Bertz CT molecular complexity index is 636. The molecule has 0 heterocycles. The van der Waals surface area contributed by atoms with Crippen molar-refractivity contribution in [2.24, 2.45) is 0 Å². The van der Waals surface area contributed by atoms with E-state index < -0.39 is 79.6 Å². The molecule has 15 heteroatoms. The Morgan fingerprint density at radius 2 is 1.11 bits per heavy atom. The molecule has 0 unspecified atom stereocenters. The van der Waals surface area contributed by atoms with Crippen molar-refractivity contribution in [2.45, 2.75) is 43.8 Å². The average Bonchev–Trinajstić information content (AvgIpc) is 2.53. The van der Waals surface area contributed by atoms with Gasteiger partial charge in [-0.05, 0) is 6.42 Å². The van der Waals surface area contributed by atoms with Crippen molar-refractivity contribution in [3.8, 4) is 0 Å². The minimum absolute atomic E-state index is 0.249. The first kappa shape index (κ1) is 24.7. The molecule has 0 aromatic rings. The Balaban J connectivity index is 5.77. The maximum atomic E-state index is 11.4. The first-order valence-corrected chi connectivity index (χ1v) is 7.50. The number of carboxylic acids is 6. The van der Waals surface area contributed by atoms with Crippen LogP contribution in [0, 0.1) is 0 Å². The Labute approximate surface area is 156 Å². The van der Waals surface area contributed by atoms with Crippen LogP contribution in [0.25, 0.3) is 0 Å². The molecule has 0 saturated heterocycles. The van der Waals surface area contributed by atoms with E-state index in [1.807, 2.05) is 10.9 Å². The number of hydrazine groups is 2. The monoisotopic (exact) mass is 409 g/mol. The zero-order chi connectivity index (χ0) is 22.0. The second-order valence-corrected chi connectivity index (χ2v) is 5.39. The van der Waals surface area contributed by atoms with Crippen molar-refractivity contribution in [1.29, 1.82) is 0 Å². The quantitative estimate of drug-likeness (QED) is 0.130. The molecule has 0 aliphatic heterocycles. The van der Waals surface area contributed by atoms with Crippen LogP contribution in [0.5, 0.6) is 0 Å². The lowest BCUT2D eigenvalue weighted by atomic mass is 10.1. The highest BCUT2D eigenvalue weighted by Gasteiger charge is 2.35. The van der Waals surface area contributed by atoms with E-state index in [1.165, 1.54) is 0 Å². The second-order valence-electron chi connectivity index (χ2n) is 5.39. The third-order valence-electron chi connectivity index (χ3n) is 3.18. The molecule has 0 rings (SSSR count). The normalized spacial score (nSPS) is 14.0. The zero-order valence-corrected chi connectivity index (χ0v) is 14.1. The lowest BCUT2D eigenvalue weighted by Gasteiger charge is -2.33. The molecular formula is C13H19N3O12. The molecule has 0 spiro atoms. The molecule has 3 atom stereocenters. The molecule has 0 aliphatic rings. The predicted octanol–water partition coefficient (Wildman–Crippen LogP) is -2.53. The highest BCUT2D eigenvalue weighted by molar-refractivity contribution is 5.82. The number of hydrogen-bond donors (Lipinski definition) is 8. The van der Waals surface area contributed by atoms with Gasteiger partial charge in [-0.15, -0.1) is 0 Å². The molecular weight excluding hydrogens is 390 g/mol. The number of nitrogens with one attached hydrogen (secondary N) is 2. The minimum Gasteiger partial charge on any atom is -0.481 e. The molecule has 0 saturated carbocycles. The van der Waals surface area contributed by atoms with Gasteiger partial charge >= 0.3 is 35.8 Å². The van der Waals surface area contributed by atoms with Crippen molar-refractivity contribution >= 4 is 35.8 Å². The first-order chi connectivity index (χ1) is 12.8. The average molecular weight is 409 g/mol. The predicted molar refractivity (Wildman–Crippen MR) is 83.8 cm³/mol. The summed E-state index contributed by atoms with van der Waals surface area (Å²) < 4.78 is 0. The van der Waals surface area contributed by atoms with Crippen LogP contribution in [0.1, 0.15) is 25.7 Å². The largest absolute Gasteiger partial charge is 0.481 e. The number of carboxylic acid groups (broad SMARTS) is 6. The topological polar surface area (TPSA) is 251 Å². The molecule has 0 aromatic carbocycles. The van der Waals surface area contributed by atoms with Gasteiger partial charge in [0.05, 0.1) is 12.8 Å². The summed E-state index contributed by atoms with van der Waals surface area (Å²) in [6.45, 7) is 0. The van der Waals surface area contributed by atoms with E-state index in [0.717, 1.165) is 0 Å². The summed E-state index contributed by atoms with van der Waals surface area (Å²) in [6.07, 6.45) is -3.41. The van der Waals surface area contributed by atoms with Crippen LogP contribution in [-0.2, 0) is 28.8 Å². The van der Waals surface area contributed by atoms with E-state index in [0.29, 0.717) is 0 Å². The molecule has 28 heavy (non-hydrogen) atoms. The molecule has 8 N–H and O–H groups in total. The summed E-state index contributed by atoms with van der Waals surface area (Å²) >= 11 is 0. The third kappa shape index (κ3) is 9.41. The molecule has 0 aromatic heterocycles. The number of rotatable bonds is 15. The molecule has 0 fully saturated rings. The van der Waals surface area contributed by atoms with E-state index in [1.54, 1.807) is 0 Å². The van der Waals surface area contributed by atoms with E-state index in [-0.39, 0.29) is 5.12 Å². The minimum atomic E-state index is -2.06. The second kappa shape index (κ2) is 11.4.